The van der Waals surface area contributed by atoms with Gasteiger partial charge < -0.3 is 15.4 Å². The highest BCUT2D eigenvalue weighted by atomic mass is 35.5. The van der Waals surface area contributed by atoms with Crippen LogP contribution in [0.4, 0.5) is 5.69 Å². The molecule has 0 bridgehead atoms. The summed E-state index contributed by atoms with van der Waals surface area (Å²) in [5.74, 6) is -0.340. The fourth-order valence-electron chi connectivity index (χ4n) is 2.15. The predicted octanol–water partition coefficient (Wildman–Crippen LogP) is 1.44. The quantitative estimate of drug-likeness (QED) is 0.852. The van der Waals surface area contributed by atoms with E-state index in [1.165, 1.54) is 13.2 Å². The molecular weight excluding hydrogens is 268 g/mol. The van der Waals surface area contributed by atoms with Gasteiger partial charge in [-0.1, -0.05) is 11.6 Å². The van der Waals surface area contributed by atoms with Gasteiger partial charge in [0.2, 0.25) is 5.91 Å². The molecule has 1 aliphatic rings. The number of nitrogens with zero attached hydrogens (tertiary/aromatic N) is 1. The number of nitrogens with two attached hydrogens (primary N) is 1. The van der Waals surface area contributed by atoms with Gasteiger partial charge in [-0.05, 0) is 30.7 Å². The van der Waals surface area contributed by atoms with Crippen LogP contribution in [0.3, 0.4) is 0 Å². The van der Waals surface area contributed by atoms with Gasteiger partial charge in [0.15, 0.2) is 0 Å². The summed E-state index contributed by atoms with van der Waals surface area (Å²) in [5.41, 5.74) is 6.52. The first-order chi connectivity index (χ1) is 9.05. The summed E-state index contributed by atoms with van der Waals surface area (Å²) in [6.07, 6.45) is 0.427. The summed E-state index contributed by atoms with van der Waals surface area (Å²) in [4.78, 5) is 25.1. The van der Waals surface area contributed by atoms with E-state index in [1.54, 1.807) is 17.0 Å². The van der Waals surface area contributed by atoms with Crippen molar-refractivity contribution in [2.75, 3.05) is 25.1 Å². The van der Waals surface area contributed by atoms with E-state index in [9.17, 15) is 9.59 Å². The molecule has 5 nitrogen and oxygen atoms in total. The van der Waals surface area contributed by atoms with E-state index in [0.717, 1.165) is 0 Å². The number of anilines is 1. The normalized spacial score (nSPS) is 18.8. The molecule has 6 heteroatoms. The second-order valence-corrected chi connectivity index (χ2v) is 4.94. The molecule has 0 aromatic heterocycles. The minimum Gasteiger partial charge on any atom is -0.465 e. The monoisotopic (exact) mass is 282 g/mol. The average molecular weight is 283 g/mol. The van der Waals surface area contributed by atoms with Crippen molar-refractivity contribution in [3.05, 3.63) is 28.8 Å². The van der Waals surface area contributed by atoms with Crippen molar-refractivity contribution in [3.8, 4) is 0 Å². The Kier molecular flexibility index (Phi) is 4.07. The Hall–Kier alpha value is -1.59. The fourth-order valence-corrected chi connectivity index (χ4v) is 2.38. The lowest BCUT2D eigenvalue weighted by molar-refractivity contribution is -0.117. The summed E-state index contributed by atoms with van der Waals surface area (Å²) in [6.45, 7) is 1.02. The maximum Gasteiger partial charge on any atom is 0.337 e. The second kappa shape index (κ2) is 5.59. The van der Waals surface area contributed by atoms with E-state index in [1.807, 2.05) is 0 Å². The third kappa shape index (κ3) is 2.88. The molecule has 1 saturated heterocycles. The first-order valence-electron chi connectivity index (χ1n) is 5.94. The zero-order valence-electron chi connectivity index (χ0n) is 10.6. The van der Waals surface area contributed by atoms with Gasteiger partial charge in [0.05, 0.1) is 12.7 Å². The SMILES string of the molecule is COC(=O)c1cc(Cl)cc(N2CC(CN)CC2=O)c1. The molecule has 102 valence electrons. The summed E-state index contributed by atoms with van der Waals surface area (Å²) >= 11 is 5.98. The fraction of sp³-hybridized carbons (Fsp3) is 0.385. The molecule has 0 radical (unpaired) electrons. The highest BCUT2D eigenvalue weighted by Crippen LogP contribution is 2.28. The van der Waals surface area contributed by atoms with Crippen molar-refractivity contribution in [1.29, 1.82) is 0 Å². The average Bonchev–Trinajstić information content (AvgIpc) is 2.78. The van der Waals surface area contributed by atoms with Gasteiger partial charge in [-0.25, -0.2) is 4.79 Å². The Labute approximate surface area is 116 Å². The molecule has 1 fully saturated rings. The van der Waals surface area contributed by atoms with Crippen LogP contribution in [0.2, 0.25) is 5.02 Å². The summed E-state index contributed by atoms with van der Waals surface area (Å²) in [5, 5.41) is 0.391. The topological polar surface area (TPSA) is 72.6 Å². The predicted molar refractivity (Wildman–Crippen MR) is 72.3 cm³/mol. The lowest BCUT2D eigenvalue weighted by Crippen LogP contribution is -2.26. The van der Waals surface area contributed by atoms with Crippen LogP contribution < -0.4 is 10.6 Å². The van der Waals surface area contributed by atoms with Crippen LogP contribution in [-0.2, 0) is 9.53 Å². The molecule has 19 heavy (non-hydrogen) atoms. The van der Waals surface area contributed by atoms with E-state index in [4.69, 9.17) is 17.3 Å². The molecule has 1 heterocycles. The Morgan fingerprint density at radius 2 is 2.26 bits per heavy atom. The molecule has 1 aromatic rings. The standard InChI is InChI=1S/C13H15ClN2O3/c1-19-13(18)9-3-10(14)5-11(4-9)16-7-8(6-15)2-12(16)17/h3-5,8H,2,6-7,15H2,1H3. The molecule has 1 unspecified atom stereocenters. The first-order valence-corrected chi connectivity index (χ1v) is 6.32. The smallest absolute Gasteiger partial charge is 0.337 e. The van der Waals surface area contributed by atoms with Gasteiger partial charge in [0.1, 0.15) is 0 Å². The van der Waals surface area contributed by atoms with Crippen LogP contribution in [0, 0.1) is 5.92 Å². The summed E-state index contributed by atoms with van der Waals surface area (Å²) in [6, 6.07) is 4.77. The zero-order valence-corrected chi connectivity index (χ0v) is 11.3. The van der Waals surface area contributed by atoms with Crippen molar-refractivity contribution in [2.24, 2.45) is 11.7 Å². The highest BCUT2D eigenvalue weighted by Gasteiger charge is 2.30. The molecular formula is C13H15ClN2O3. The van der Waals surface area contributed by atoms with Gasteiger partial charge >= 0.3 is 5.97 Å². The Balaban J connectivity index is 2.32. The lowest BCUT2D eigenvalue weighted by Gasteiger charge is -2.17. The second-order valence-electron chi connectivity index (χ2n) is 4.50. The van der Waals surface area contributed by atoms with E-state index in [0.29, 0.717) is 35.8 Å². The summed E-state index contributed by atoms with van der Waals surface area (Å²) in [7, 11) is 1.30. The number of hydrogen-bond acceptors (Lipinski definition) is 4. The maximum atomic E-state index is 11.9. The van der Waals surface area contributed by atoms with Crippen LogP contribution in [0.1, 0.15) is 16.8 Å². The highest BCUT2D eigenvalue weighted by molar-refractivity contribution is 6.31. The van der Waals surface area contributed by atoms with E-state index in [-0.39, 0.29) is 11.8 Å². The third-order valence-corrected chi connectivity index (χ3v) is 3.37. The van der Waals surface area contributed by atoms with Crippen molar-refractivity contribution in [2.45, 2.75) is 6.42 Å². The minimum absolute atomic E-state index is 0.00599. The van der Waals surface area contributed by atoms with Crippen molar-refractivity contribution in [3.63, 3.8) is 0 Å². The van der Waals surface area contributed by atoms with Crippen LogP contribution in [-0.4, -0.2) is 32.1 Å². The molecule has 0 spiro atoms. The molecule has 2 N–H and O–H groups in total. The van der Waals surface area contributed by atoms with Gasteiger partial charge in [-0.3, -0.25) is 4.79 Å². The number of ether oxygens (including phenoxy) is 1. The van der Waals surface area contributed by atoms with Gasteiger partial charge in [0, 0.05) is 23.7 Å². The maximum absolute atomic E-state index is 11.9. The number of benzene rings is 1. The molecule has 1 aliphatic heterocycles. The van der Waals surface area contributed by atoms with Crippen molar-refractivity contribution < 1.29 is 14.3 Å². The number of amides is 1. The van der Waals surface area contributed by atoms with E-state index >= 15 is 0 Å². The largest absolute Gasteiger partial charge is 0.465 e. The Morgan fingerprint density at radius 1 is 1.53 bits per heavy atom. The Morgan fingerprint density at radius 3 is 2.84 bits per heavy atom. The third-order valence-electron chi connectivity index (χ3n) is 3.15. The van der Waals surface area contributed by atoms with Crippen molar-refractivity contribution >= 4 is 29.2 Å². The van der Waals surface area contributed by atoms with Crippen LogP contribution in [0.5, 0.6) is 0 Å². The number of rotatable bonds is 3. The number of esters is 1. The number of halogens is 1. The Bertz CT molecular complexity index is 519. The molecule has 2 rings (SSSR count). The molecule has 1 atom stereocenters. The number of hydrogen-bond donors (Lipinski definition) is 1. The number of methoxy groups -OCH3 is 1. The molecule has 0 saturated carbocycles. The minimum atomic E-state index is -0.481. The molecule has 0 aliphatic carbocycles. The molecule has 1 amide bonds. The lowest BCUT2D eigenvalue weighted by atomic mass is 10.1. The number of carbonyl (C=O) groups is 2. The van der Waals surface area contributed by atoms with Crippen LogP contribution in [0.15, 0.2) is 18.2 Å². The zero-order chi connectivity index (χ0) is 14.0. The van der Waals surface area contributed by atoms with Gasteiger partial charge in [-0.15, -0.1) is 0 Å². The van der Waals surface area contributed by atoms with Gasteiger partial charge in [-0.2, -0.15) is 0 Å². The van der Waals surface area contributed by atoms with Crippen LogP contribution in [0.25, 0.3) is 0 Å². The molecule has 1 aromatic carbocycles. The van der Waals surface area contributed by atoms with Crippen molar-refractivity contribution in [1.82, 2.24) is 0 Å². The van der Waals surface area contributed by atoms with E-state index in [2.05, 4.69) is 4.74 Å². The first kappa shape index (κ1) is 13.8. The summed E-state index contributed by atoms with van der Waals surface area (Å²) < 4.78 is 4.66. The number of carbonyl (C=O) groups excluding carboxylic acids is 2. The van der Waals surface area contributed by atoms with Crippen LogP contribution >= 0.6 is 11.6 Å². The van der Waals surface area contributed by atoms with E-state index < -0.39 is 5.97 Å². The van der Waals surface area contributed by atoms with Gasteiger partial charge in [0.25, 0.3) is 0 Å².